The Balaban J connectivity index is 0. The summed E-state index contributed by atoms with van der Waals surface area (Å²) in [5, 5.41) is 0. The van der Waals surface area contributed by atoms with Gasteiger partial charge in [-0.05, 0) is 0 Å². The van der Waals surface area contributed by atoms with Gasteiger partial charge in [-0.1, -0.05) is 0 Å². The fourth-order valence-corrected chi connectivity index (χ4v) is 1.000. The maximum Gasteiger partial charge on any atom is -0.344 e. The summed E-state index contributed by atoms with van der Waals surface area (Å²) in [6, 6.07) is 0. The maximum absolute atomic E-state index is 2.25. The van der Waals surface area contributed by atoms with Crippen LogP contribution in [-0.2, 0) is 0 Å². The van der Waals surface area contributed by atoms with Gasteiger partial charge >= 0.3 is 57.8 Å². The second-order valence-corrected chi connectivity index (χ2v) is 2.71. The molecule has 0 aliphatic heterocycles. The van der Waals surface area contributed by atoms with Crippen LogP contribution >= 0.6 is 0 Å². The molecule has 0 spiro atoms. The molecule has 3 N–H and O–H groups in total. The number of hydrogen-bond acceptors (Lipinski definition) is 1. The smallest absolute Gasteiger partial charge is 0.344 e. The van der Waals surface area contributed by atoms with Gasteiger partial charge in [0, 0.05) is 0 Å². The van der Waals surface area contributed by atoms with Crippen molar-refractivity contribution in [1.82, 2.24) is 6.15 Å². The average molecular weight is 111 g/mol. The van der Waals surface area contributed by atoms with Crippen LogP contribution in [0.1, 0.15) is 26.2 Å². The van der Waals surface area contributed by atoms with Gasteiger partial charge in [0.1, 0.15) is 0 Å². The molecule has 1 nitrogen and oxygen atoms in total. The third-order valence-corrected chi connectivity index (χ3v) is 1.66. The van der Waals surface area contributed by atoms with E-state index in [1.54, 1.807) is 0 Å². The Morgan fingerprint density at radius 2 is 1.86 bits per heavy atom. The Labute approximate surface area is 63.9 Å². The summed E-state index contributed by atoms with van der Waals surface area (Å²) in [5.74, 6) is 0. The molecule has 0 amide bonds. The molecule has 0 heterocycles. The van der Waals surface area contributed by atoms with Crippen LogP contribution < -0.4 is 6.15 Å². The van der Waals surface area contributed by atoms with Crippen LogP contribution in [0.5, 0.6) is 0 Å². The predicted octanol–water partition coefficient (Wildman–Crippen LogP) is 1.93. The van der Waals surface area contributed by atoms with E-state index in [1.165, 1.54) is 50.9 Å². The van der Waals surface area contributed by atoms with Crippen molar-refractivity contribution in [3.8, 4) is 0 Å². The van der Waals surface area contributed by atoms with Crippen molar-refractivity contribution in [2.45, 2.75) is 29.9 Å². The van der Waals surface area contributed by atoms with Crippen molar-refractivity contribution >= 4 is 27.9 Å². The number of rotatable bonds is 3. The van der Waals surface area contributed by atoms with Gasteiger partial charge in [-0.15, -0.1) is 0 Å². The summed E-state index contributed by atoms with van der Waals surface area (Å²) in [6.07, 6.45) is 4.30. The van der Waals surface area contributed by atoms with Crippen LogP contribution in [0.2, 0.25) is 3.67 Å². The first-order chi connectivity index (χ1) is 2.91. The van der Waals surface area contributed by atoms with Crippen molar-refractivity contribution in [2.24, 2.45) is 0 Å². The molecule has 0 unspecified atom stereocenters. The van der Waals surface area contributed by atoms with Crippen LogP contribution in [-0.4, -0.2) is 27.9 Å². The Hall–Kier alpha value is 0.960. The van der Waals surface area contributed by atoms with Gasteiger partial charge in [0.2, 0.25) is 0 Å². The summed E-state index contributed by atoms with van der Waals surface area (Å²) in [6.45, 7) is 2.25. The standard InChI is InChI=1S/C5H11.H3N.Na/c1-3-5-4-2;;/h1,3-5H2,2H3;1H3;. The van der Waals surface area contributed by atoms with Gasteiger partial charge in [0.05, 0.1) is 0 Å². The molecule has 0 aromatic heterocycles. The molecule has 0 aromatic carbocycles. The molecule has 0 bridgehead atoms. The SMILES string of the molecule is CCCC[CH2][Na].N. The van der Waals surface area contributed by atoms with Crippen LogP contribution in [0.15, 0.2) is 0 Å². The summed E-state index contributed by atoms with van der Waals surface area (Å²) in [4.78, 5) is 0. The zero-order chi connectivity index (χ0) is 4.83. The third-order valence-electron chi connectivity index (χ3n) is 0.957. The van der Waals surface area contributed by atoms with Crippen LogP contribution in [0.3, 0.4) is 0 Å². The second kappa shape index (κ2) is 10.0. The van der Waals surface area contributed by atoms with E-state index in [-0.39, 0.29) is 6.15 Å². The fourth-order valence-electron chi connectivity index (χ4n) is 0.500. The normalized spacial score (nSPS) is 7.86. The van der Waals surface area contributed by atoms with E-state index < -0.39 is 0 Å². The summed E-state index contributed by atoms with van der Waals surface area (Å²) in [5.41, 5.74) is 0. The topological polar surface area (TPSA) is 35.0 Å². The molecule has 0 rings (SSSR count). The molecule has 0 saturated heterocycles. The van der Waals surface area contributed by atoms with E-state index in [2.05, 4.69) is 6.92 Å². The minimum absolute atomic E-state index is 0. The summed E-state index contributed by atoms with van der Waals surface area (Å²) < 4.78 is 1.49. The van der Waals surface area contributed by atoms with E-state index in [0.29, 0.717) is 0 Å². The Bertz CT molecular complexity index is 20.0. The van der Waals surface area contributed by atoms with E-state index in [0.717, 1.165) is 0 Å². The van der Waals surface area contributed by atoms with Crippen LogP contribution in [0, 0.1) is 0 Å². The average Bonchev–Trinajstić information content (AvgIpc) is 1.61. The molecule has 0 saturated carbocycles. The van der Waals surface area contributed by atoms with Gasteiger partial charge in [-0.2, -0.15) is 0 Å². The molecular formula is C5H14NNa. The fraction of sp³-hybridized carbons (Fsp3) is 1.00. The van der Waals surface area contributed by atoms with Crippen molar-refractivity contribution in [2.75, 3.05) is 0 Å². The quantitative estimate of drug-likeness (QED) is 0.438. The first-order valence-electron chi connectivity index (χ1n) is 2.91. The van der Waals surface area contributed by atoms with Crippen molar-refractivity contribution in [1.29, 1.82) is 0 Å². The van der Waals surface area contributed by atoms with E-state index >= 15 is 0 Å². The molecule has 2 heteroatoms. The molecule has 0 aromatic rings. The molecule has 0 aliphatic rings. The second-order valence-electron chi connectivity index (χ2n) is 1.71. The summed E-state index contributed by atoms with van der Waals surface area (Å²) in [7, 11) is 0. The van der Waals surface area contributed by atoms with E-state index in [4.69, 9.17) is 0 Å². The minimum Gasteiger partial charge on any atom is -0.344 e. The summed E-state index contributed by atoms with van der Waals surface area (Å²) >= 11 is 1.40. The molecule has 0 radical (unpaired) electrons. The molecule has 0 atom stereocenters. The monoisotopic (exact) mass is 111 g/mol. The minimum atomic E-state index is 0. The molecular weight excluding hydrogens is 97.1 g/mol. The first-order valence-corrected chi connectivity index (χ1v) is 4.33. The Morgan fingerprint density at radius 1 is 1.29 bits per heavy atom. The van der Waals surface area contributed by atoms with Crippen molar-refractivity contribution in [3.63, 3.8) is 0 Å². The predicted molar refractivity (Wildman–Crippen MR) is 35.1 cm³/mol. The number of hydrogen-bond donors (Lipinski definition) is 1. The van der Waals surface area contributed by atoms with Crippen molar-refractivity contribution < 1.29 is 0 Å². The number of unbranched alkanes of at least 4 members (excludes halogenated alkanes) is 2. The zero-order valence-corrected chi connectivity index (χ0v) is 7.54. The van der Waals surface area contributed by atoms with E-state index in [9.17, 15) is 0 Å². The van der Waals surface area contributed by atoms with Crippen LogP contribution in [0.4, 0.5) is 0 Å². The maximum atomic E-state index is 2.25. The molecule has 40 valence electrons. The van der Waals surface area contributed by atoms with Crippen LogP contribution in [0.25, 0.3) is 0 Å². The van der Waals surface area contributed by atoms with Gasteiger partial charge in [0.25, 0.3) is 0 Å². The van der Waals surface area contributed by atoms with Gasteiger partial charge in [0.15, 0.2) is 0 Å². The van der Waals surface area contributed by atoms with E-state index in [1.807, 2.05) is 0 Å². The van der Waals surface area contributed by atoms with Crippen molar-refractivity contribution in [3.05, 3.63) is 0 Å². The van der Waals surface area contributed by atoms with Gasteiger partial charge in [-0.25, -0.2) is 0 Å². The molecule has 0 aliphatic carbocycles. The molecule has 7 heavy (non-hydrogen) atoms. The largest absolute Gasteiger partial charge is 0.344 e. The molecule has 0 fully saturated rings. The Kier molecular flexibility index (Phi) is 15.6. The van der Waals surface area contributed by atoms with Gasteiger partial charge in [-0.3, -0.25) is 0 Å². The van der Waals surface area contributed by atoms with Gasteiger partial charge < -0.3 is 6.15 Å². The zero-order valence-electron chi connectivity index (χ0n) is 5.54. The Morgan fingerprint density at radius 3 is 2.00 bits per heavy atom. The third kappa shape index (κ3) is 10.9. The first kappa shape index (κ1) is 10.9.